The Balaban J connectivity index is 1.35. The van der Waals surface area contributed by atoms with Crippen LogP contribution in [0.25, 0.3) is 11.3 Å². The zero-order valence-corrected chi connectivity index (χ0v) is 24.7. The number of thiazole rings is 1. The van der Waals surface area contributed by atoms with Crippen LogP contribution in [0, 0.1) is 20.2 Å². The van der Waals surface area contributed by atoms with Gasteiger partial charge in [-0.15, -0.1) is 11.3 Å². The van der Waals surface area contributed by atoms with Crippen LogP contribution < -0.4 is 15.4 Å². The predicted molar refractivity (Wildman–Crippen MR) is 169 cm³/mol. The summed E-state index contributed by atoms with van der Waals surface area (Å²) >= 11 is 1.10. The number of nitrogens with zero attached hydrogens (tertiary/aromatic N) is 3. The number of amides is 1. The summed E-state index contributed by atoms with van der Waals surface area (Å²) in [6.45, 7) is 0. The van der Waals surface area contributed by atoms with E-state index in [1.54, 1.807) is 5.38 Å². The van der Waals surface area contributed by atoms with E-state index in [0.29, 0.717) is 5.69 Å². The number of carbonyl (C=O) groups excluding carboxylic acids is 1. The number of hydrogen-bond donors (Lipinski definition) is 4. The Kier molecular flexibility index (Phi) is 8.69. The number of aromatic nitrogens is 1. The van der Waals surface area contributed by atoms with Gasteiger partial charge in [0.25, 0.3) is 15.9 Å². The minimum atomic E-state index is -4.05. The molecule has 0 bridgehead atoms. The maximum Gasteiger partial charge on any atom is 0.335 e. The predicted octanol–water partition coefficient (Wildman–Crippen LogP) is 6.12. The average Bonchev–Trinajstić information content (AvgIpc) is 3.49. The van der Waals surface area contributed by atoms with Crippen molar-refractivity contribution in [3.8, 4) is 11.3 Å². The highest BCUT2D eigenvalue weighted by molar-refractivity contribution is 7.93. The van der Waals surface area contributed by atoms with E-state index in [1.807, 2.05) is 30.3 Å². The van der Waals surface area contributed by atoms with Crippen molar-refractivity contribution in [1.82, 2.24) is 4.98 Å². The van der Waals surface area contributed by atoms with Gasteiger partial charge < -0.3 is 15.7 Å². The Morgan fingerprint density at radius 2 is 1.46 bits per heavy atom. The number of nitro groups is 2. The molecule has 4 aromatic carbocycles. The number of nitro benzene ring substituents is 2. The lowest BCUT2D eigenvalue weighted by Crippen LogP contribution is -2.15. The van der Waals surface area contributed by atoms with Crippen LogP contribution in [0.15, 0.2) is 101 Å². The quantitative estimate of drug-likeness (QED) is 0.0932. The van der Waals surface area contributed by atoms with Crippen molar-refractivity contribution in [1.29, 1.82) is 0 Å². The molecule has 0 aliphatic rings. The van der Waals surface area contributed by atoms with Crippen LogP contribution in [0.4, 0.5) is 33.6 Å². The Morgan fingerprint density at radius 3 is 2.07 bits per heavy atom. The van der Waals surface area contributed by atoms with E-state index in [2.05, 4.69) is 20.3 Å². The topological polar surface area (TPSA) is 224 Å². The second kappa shape index (κ2) is 12.8. The first-order valence-corrected chi connectivity index (χ1v) is 15.3. The second-order valence-electron chi connectivity index (χ2n) is 9.40. The summed E-state index contributed by atoms with van der Waals surface area (Å²) in [7, 11) is -4.05. The van der Waals surface area contributed by atoms with Crippen LogP contribution >= 0.6 is 11.3 Å². The molecule has 0 saturated heterocycles. The maximum absolute atomic E-state index is 13.0. The van der Waals surface area contributed by atoms with Crippen LogP contribution in [0.3, 0.4) is 0 Å². The Morgan fingerprint density at radius 1 is 0.804 bits per heavy atom. The fraction of sp³-hybridized carbons (Fsp3) is 0. The average molecular weight is 661 g/mol. The molecule has 232 valence electrons. The highest BCUT2D eigenvalue weighted by atomic mass is 32.2. The molecule has 0 atom stereocenters. The summed E-state index contributed by atoms with van der Waals surface area (Å²) in [5.74, 6) is -2.23. The number of hydrogen-bond acceptors (Lipinski definition) is 11. The fourth-order valence-electron chi connectivity index (χ4n) is 4.19. The molecule has 0 aliphatic heterocycles. The van der Waals surface area contributed by atoms with Crippen LogP contribution in [0.2, 0.25) is 0 Å². The van der Waals surface area contributed by atoms with Crippen LogP contribution in [0.1, 0.15) is 20.7 Å². The monoisotopic (exact) mass is 660 g/mol. The molecule has 46 heavy (non-hydrogen) atoms. The highest BCUT2D eigenvalue weighted by Crippen LogP contribution is 2.38. The number of rotatable bonds is 11. The Labute approximate surface area is 263 Å². The van der Waals surface area contributed by atoms with Gasteiger partial charge in [-0.2, -0.15) is 0 Å². The van der Waals surface area contributed by atoms with Gasteiger partial charge in [0, 0.05) is 34.5 Å². The lowest BCUT2D eigenvalue weighted by Gasteiger charge is -2.11. The van der Waals surface area contributed by atoms with E-state index < -0.39 is 54.4 Å². The number of benzene rings is 4. The van der Waals surface area contributed by atoms with E-state index in [-0.39, 0.29) is 27.0 Å². The van der Waals surface area contributed by atoms with Gasteiger partial charge in [-0.3, -0.25) is 29.7 Å². The third-order valence-electron chi connectivity index (χ3n) is 6.35. The van der Waals surface area contributed by atoms with Crippen LogP contribution in [0.5, 0.6) is 0 Å². The lowest BCUT2D eigenvalue weighted by atomic mass is 10.1. The molecule has 1 amide bonds. The number of anilines is 4. The van der Waals surface area contributed by atoms with Crippen molar-refractivity contribution in [2.75, 3.05) is 15.4 Å². The Bertz CT molecular complexity index is 2070. The van der Waals surface area contributed by atoms with Crippen molar-refractivity contribution in [2.45, 2.75) is 4.90 Å². The van der Waals surface area contributed by atoms with Crippen molar-refractivity contribution in [3.63, 3.8) is 0 Å². The summed E-state index contributed by atoms with van der Waals surface area (Å²) < 4.78 is 28.3. The van der Waals surface area contributed by atoms with Gasteiger partial charge >= 0.3 is 17.3 Å². The van der Waals surface area contributed by atoms with E-state index >= 15 is 0 Å². The normalized spacial score (nSPS) is 11.0. The van der Waals surface area contributed by atoms with Crippen LogP contribution in [-0.2, 0) is 10.0 Å². The zero-order valence-electron chi connectivity index (χ0n) is 23.1. The molecular formula is C29H20N6O9S2. The number of carboxylic acids is 1. The molecule has 17 heteroatoms. The maximum atomic E-state index is 13.0. The summed E-state index contributed by atoms with van der Waals surface area (Å²) in [5, 5.41) is 39.8. The van der Waals surface area contributed by atoms with E-state index in [1.165, 1.54) is 42.5 Å². The highest BCUT2D eigenvalue weighted by Gasteiger charge is 2.29. The minimum Gasteiger partial charge on any atom is -0.478 e. The summed E-state index contributed by atoms with van der Waals surface area (Å²) in [4.78, 5) is 50.4. The smallest absolute Gasteiger partial charge is 0.335 e. The first-order valence-electron chi connectivity index (χ1n) is 12.9. The standard InChI is InChI=1S/C29H20N6O9S2/c36-27(19-14-24(34(39)40)26(25(15-19)35(41)42)30-21-8-4-7-18(13-21)28(37)38)31-20-9-11-22(12-10-20)46(43,44)33-29-32-23(16-45-29)17-5-2-1-3-6-17/h1-16,30H,(H,31,36)(H,32,33)(H,37,38). The van der Waals surface area contributed by atoms with Gasteiger partial charge in [0.05, 0.1) is 31.6 Å². The molecule has 0 unspecified atom stereocenters. The molecule has 1 aromatic heterocycles. The first kappa shape index (κ1) is 31.2. The molecule has 0 spiro atoms. The van der Waals surface area contributed by atoms with E-state index in [9.17, 15) is 43.3 Å². The van der Waals surface area contributed by atoms with Crippen molar-refractivity contribution in [3.05, 3.63) is 128 Å². The van der Waals surface area contributed by atoms with E-state index in [4.69, 9.17) is 0 Å². The third kappa shape index (κ3) is 6.95. The number of aromatic carboxylic acids is 1. The molecule has 0 aliphatic carbocycles. The summed E-state index contributed by atoms with van der Waals surface area (Å²) in [6, 6.07) is 20.9. The molecule has 15 nitrogen and oxygen atoms in total. The van der Waals surface area contributed by atoms with Crippen molar-refractivity contribution < 1.29 is 33.0 Å². The molecule has 0 saturated carbocycles. The minimum absolute atomic E-state index is 0.0272. The zero-order chi connectivity index (χ0) is 33.0. The SMILES string of the molecule is O=C(O)c1cccc(Nc2c([N+](=O)[O-])cc(C(=O)Nc3ccc(S(=O)(=O)Nc4nc(-c5ccccc5)cs4)cc3)cc2[N+](=O)[O-])c1. The number of nitrogens with one attached hydrogen (secondary N) is 3. The molecule has 4 N–H and O–H groups in total. The molecule has 5 aromatic rings. The van der Waals surface area contributed by atoms with Gasteiger partial charge in [0.2, 0.25) is 0 Å². The third-order valence-corrected chi connectivity index (χ3v) is 8.59. The van der Waals surface area contributed by atoms with E-state index in [0.717, 1.165) is 35.1 Å². The lowest BCUT2D eigenvalue weighted by molar-refractivity contribution is -0.392. The first-order chi connectivity index (χ1) is 21.9. The molecule has 1 heterocycles. The second-order valence-corrected chi connectivity index (χ2v) is 11.9. The fourth-order valence-corrected chi connectivity index (χ4v) is 6.16. The molecule has 0 fully saturated rings. The Hall–Kier alpha value is -6.20. The van der Waals surface area contributed by atoms with Gasteiger partial charge in [0.1, 0.15) is 0 Å². The van der Waals surface area contributed by atoms with Gasteiger partial charge in [-0.05, 0) is 42.5 Å². The molecule has 5 rings (SSSR count). The molecule has 0 radical (unpaired) electrons. The van der Waals surface area contributed by atoms with Crippen molar-refractivity contribution in [2.24, 2.45) is 0 Å². The van der Waals surface area contributed by atoms with Gasteiger partial charge in [0.15, 0.2) is 10.8 Å². The number of carbonyl (C=O) groups is 2. The summed E-state index contributed by atoms with van der Waals surface area (Å²) in [5.41, 5.74) is -1.25. The molecular weight excluding hydrogens is 640 g/mol. The van der Waals surface area contributed by atoms with Gasteiger partial charge in [-0.1, -0.05) is 36.4 Å². The van der Waals surface area contributed by atoms with Gasteiger partial charge in [-0.25, -0.2) is 18.2 Å². The number of sulfonamides is 1. The summed E-state index contributed by atoms with van der Waals surface area (Å²) in [6.07, 6.45) is 0. The number of carboxylic acid groups (broad SMARTS) is 1. The van der Waals surface area contributed by atoms with Crippen LogP contribution in [-0.4, -0.2) is 40.2 Å². The largest absolute Gasteiger partial charge is 0.478 e. The van der Waals surface area contributed by atoms with Crippen molar-refractivity contribution >= 4 is 66.8 Å².